The summed E-state index contributed by atoms with van der Waals surface area (Å²) in [7, 11) is 0. The zero-order valence-electron chi connectivity index (χ0n) is 21.2. The maximum Gasteiger partial charge on any atom is 0.417 e. The molecule has 1 aliphatic heterocycles. The maximum absolute atomic E-state index is 15.5. The number of nitrogens with zero attached hydrogens (tertiary/aromatic N) is 4. The van der Waals surface area contributed by atoms with E-state index in [0.717, 1.165) is 17.0 Å². The van der Waals surface area contributed by atoms with Gasteiger partial charge in [0.25, 0.3) is 5.91 Å². The van der Waals surface area contributed by atoms with Crippen LogP contribution in [-0.4, -0.2) is 52.2 Å². The normalized spacial score (nSPS) is 15.4. The van der Waals surface area contributed by atoms with Gasteiger partial charge < -0.3 is 14.9 Å². The molecular formula is C26H26F4N4O3S. The second-order valence-corrected chi connectivity index (χ2v) is 9.53. The van der Waals surface area contributed by atoms with Gasteiger partial charge in [-0.2, -0.15) is 18.4 Å². The second-order valence-electron chi connectivity index (χ2n) is 9.16. The van der Waals surface area contributed by atoms with Crippen molar-refractivity contribution < 1.29 is 32.3 Å². The molecular weight excluding hydrogens is 524 g/mol. The Morgan fingerprint density at radius 2 is 1.82 bits per heavy atom. The molecule has 202 valence electrons. The van der Waals surface area contributed by atoms with E-state index in [1.165, 1.54) is 36.9 Å². The second kappa shape index (κ2) is 10.7. The molecule has 2 aromatic rings. The van der Waals surface area contributed by atoms with Crippen LogP contribution in [0, 0.1) is 17.1 Å². The maximum atomic E-state index is 15.5. The average molecular weight is 551 g/mol. The van der Waals surface area contributed by atoms with Crippen molar-refractivity contribution in [3.63, 3.8) is 0 Å². The van der Waals surface area contributed by atoms with Gasteiger partial charge in [-0.1, -0.05) is 13.8 Å². The zero-order valence-corrected chi connectivity index (χ0v) is 22.0. The van der Waals surface area contributed by atoms with Gasteiger partial charge in [0, 0.05) is 12.1 Å². The van der Waals surface area contributed by atoms with Crippen LogP contribution >= 0.6 is 12.2 Å². The lowest BCUT2D eigenvalue weighted by atomic mass is 9.98. The molecule has 0 aromatic heterocycles. The number of halogens is 4. The van der Waals surface area contributed by atoms with Gasteiger partial charge in [-0.3, -0.25) is 9.69 Å². The average Bonchev–Trinajstić information content (AvgIpc) is 3.02. The van der Waals surface area contributed by atoms with Crippen molar-refractivity contribution in [3.8, 4) is 6.07 Å². The van der Waals surface area contributed by atoms with Gasteiger partial charge in [0.2, 0.25) is 0 Å². The number of amides is 1. The summed E-state index contributed by atoms with van der Waals surface area (Å²) in [6.07, 6.45) is -4.75. The molecule has 0 aliphatic carbocycles. The van der Waals surface area contributed by atoms with Gasteiger partial charge in [0.1, 0.15) is 11.4 Å². The van der Waals surface area contributed by atoms with E-state index in [1.54, 1.807) is 0 Å². The third-order valence-corrected chi connectivity index (χ3v) is 6.98. The van der Waals surface area contributed by atoms with E-state index < -0.39 is 46.1 Å². The minimum absolute atomic E-state index is 0.0256. The van der Waals surface area contributed by atoms with Crippen molar-refractivity contribution in [2.24, 2.45) is 0 Å². The lowest BCUT2D eigenvalue weighted by Crippen LogP contribution is -2.45. The number of hydrogen-bond acceptors (Lipinski definition) is 5. The Morgan fingerprint density at radius 3 is 2.34 bits per heavy atom. The van der Waals surface area contributed by atoms with Crippen LogP contribution in [0.3, 0.4) is 0 Å². The Morgan fingerprint density at radius 1 is 1.18 bits per heavy atom. The number of hydrogen-bond donors (Lipinski definition) is 1. The molecule has 38 heavy (non-hydrogen) atoms. The van der Waals surface area contributed by atoms with E-state index in [1.807, 2.05) is 18.7 Å². The molecule has 7 nitrogen and oxygen atoms in total. The first-order chi connectivity index (χ1) is 17.7. The van der Waals surface area contributed by atoms with E-state index in [2.05, 4.69) is 0 Å². The summed E-state index contributed by atoms with van der Waals surface area (Å²) in [5.41, 5.74) is -3.86. The standard InChI is InChI=1S/C26H26F4N4O3S/c1-5-32(6-2)12-11-17-20(10-9-18(21(17)27)22(35)36)34-24(38)33(23(37)25(34,3)4)16-8-7-15(14-31)19(13-16)26(28,29)30/h7-10,13H,5-6,11-12H2,1-4H3,(H,35,36). The molecule has 0 atom stereocenters. The summed E-state index contributed by atoms with van der Waals surface area (Å²) in [5, 5.41) is 18.4. The predicted octanol–water partition coefficient (Wildman–Crippen LogP) is 5.22. The first kappa shape index (κ1) is 29.0. The Balaban J connectivity index is 2.17. The van der Waals surface area contributed by atoms with Crippen molar-refractivity contribution in [2.75, 3.05) is 29.4 Å². The van der Waals surface area contributed by atoms with Crippen LogP contribution in [0.15, 0.2) is 30.3 Å². The number of nitriles is 1. The molecule has 0 bridgehead atoms. The predicted molar refractivity (Wildman–Crippen MR) is 138 cm³/mol. The Hall–Kier alpha value is -3.56. The number of aromatic carboxylic acids is 1. The first-order valence-electron chi connectivity index (χ1n) is 11.8. The third kappa shape index (κ3) is 5.08. The van der Waals surface area contributed by atoms with E-state index in [9.17, 15) is 27.9 Å². The molecule has 1 amide bonds. The lowest BCUT2D eigenvalue weighted by Gasteiger charge is -2.32. The molecule has 0 radical (unpaired) electrons. The van der Waals surface area contributed by atoms with Crippen molar-refractivity contribution in [1.82, 2.24) is 4.90 Å². The van der Waals surface area contributed by atoms with Gasteiger partial charge >= 0.3 is 12.1 Å². The number of alkyl halides is 3. The number of thiocarbonyl (C=S) groups is 1. The lowest BCUT2D eigenvalue weighted by molar-refractivity contribution is -0.137. The summed E-state index contributed by atoms with van der Waals surface area (Å²) in [5.74, 6) is -3.10. The van der Waals surface area contributed by atoms with E-state index in [0.29, 0.717) is 25.7 Å². The van der Waals surface area contributed by atoms with Crippen LogP contribution in [-0.2, 0) is 17.4 Å². The minimum atomic E-state index is -4.85. The topological polar surface area (TPSA) is 87.9 Å². The number of likely N-dealkylation sites (N-methyl/N-ethyl adjacent to an activating group) is 1. The molecule has 1 heterocycles. The molecule has 1 saturated heterocycles. The molecule has 1 aliphatic rings. The van der Waals surface area contributed by atoms with Crippen LogP contribution in [0.4, 0.5) is 28.9 Å². The Bertz CT molecular complexity index is 1330. The highest BCUT2D eigenvalue weighted by Crippen LogP contribution is 2.41. The third-order valence-electron chi connectivity index (χ3n) is 6.62. The van der Waals surface area contributed by atoms with Gasteiger partial charge in [-0.15, -0.1) is 0 Å². The fourth-order valence-corrected chi connectivity index (χ4v) is 4.98. The smallest absolute Gasteiger partial charge is 0.417 e. The van der Waals surface area contributed by atoms with Crippen LogP contribution in [0.25, 0.3) is 0 Å². The van der Waals surface area contributed by atoms with Crippen molar-refractivity contribution >= 4 is 40.6 Å². The number of benzene rings is 2. The molecule has 2 aromatic carbocycles. The first-order valence-corrected chi connectivity index (χ1v) is 12.2. The van der Waals surface area contributed by atoms with Crippen LogP contribution in [0.1, 0.15) is 54.7 Å². The largest absolute Gasteiger partial charge is 0.478 e. The summed E-state index contributed by atoms with van der Waals surface area (Å²) >= 11 is 5.55. The highest BCUT2D eigenvalue weighted by Gasteiger charge is 2.51. The number of carbonyl (C=O) groups excluding carboxylic acids is 1. The number of carbonyl (C=O) groups is 2. The highest BCUT2D eigenvalue weighted by molar-refractivity contribution is 7.81. The quantitative estimate of drug-likeness (QED) is 0.356. The summed E-state index contributed by atoms with van der Waals surface area (Å²) in [6, 6.07) is 6.75. The van der Waals surface area contributed by atoms with E-state index >= 15 is 4.39 Å². The summed E-state index contributed by atoms with van der Waals surface area (Å²) in [4.78, 5) is 29.4. The fourth-order valence-electron chi connectivity index (χ4n) is 4.46. The summed E-state index contributed by atoms with van der Waals surface area (Å²) in [6.45, 7) is 8.58. The SMILES string of the molecule is CCN(CC)CCc1c(N2C(=S)N(c3ccc(C#N)c(C(F)(F)F)c3)C(=O)C2(C)C)ccc(C(=O)O)c1F. The van der Waals surface area contributed by atoms with Crippen molar-refractivity contribution in [2.45, 2.75) is 45.8 Å². The van der Waals surface area contributed by atoms with E-state index in [-0.39, 0.29) is 28.5 Å². The molecule has 3 rings (SSSR count). The Labute approximate surface area is 222 Å². The molecule has 0 spiro atoms. The minimum Gasteiger partial charge on any atom is -0.478 e. The number of carboxylic acids is 1. The molecule has 1 fully saturated rings. The van der Waals surface area contributed by atoms with Gasteiger partial charge in [0.05, 0.1) is 34.1 Å². The fraction of sp³-hybridized carbons (Fsp3) is 0.385. The Kier molecular flexibility index (Phi) is 8.14. The van der Waals surface area contributed by atoms with Gasteiger partial charge in [-0.05, 0) is 75.9 Å². The van der Waals surface area contributed by atoms with Gasteiger partial charge in [0.15, 0.2) is 5.11 Å². The van der Waals surface area contributed by atoms with Crippen LogP contribution in [0.2, 0.25) is 0 Å². The molecule has 0 unspecified atom stereocenters. The molecule has 1 N–H and O–H groups in total. The van der Waals surface area contributed by atoms with Gasteiger partial charge in [-0.25, -0.2) is 9.18 Å². The number of rotatable bonds is 8. The zero-order chi connectivity index (χ0) is 28.6. The number of anilines is 2. The monoisotopic (exact) mass is 550 g/mol. The number of carboxylic acid groups (broad SMARTS) is 1. The molecule has 0 saturated carbocycles. The summed E-state index contributed by atoms with van der Waals surface area (Å²) < 4.78 is 56.4. The van der Waals surface area contributed by atoms with Crippen molar-refractivity contribution in [3.05, 3.63) is 58.4 Å². The molecule has 12 heteroatoms. The van der Waals surface area contributed by atoms with Crippen LogP contribution in [0.5, 0.6) is 0 Å². The van der Waals surface area contributed by atoms with Crippen molar-refractivity contribution in [1.29, 1.82) is 5.26 Å². The van der Waals surface area contributed by atoms with E-state index in [4.69, 9.17) is 17.5 Å². The van der Waals surface area contributed by atoms with Crippen LogP contribution < -0.4 is 9.80 Å². The highest BCUT2D eigenvalue weighted by atomic mass is 32.1.